The molecule has 52 heavy (non-hydrogen) atoms. The van der Waals surface area contributed by atoms with Gasteiger partial charge in [-0.3, -0.25) is 4.57 Å². The third kappa shape index (κ3) is 4.81. The van der Waals surface area contributed by atoms with Crippen LogP contribution in [0.3, 0.4) is 0 Å². The number of nitrogens with zero attached hydrogens (tertiary/aromatic N) is 3. The number of para-hydroxylation sites is 1. The molecular formula is C49H35N3. The van der Waals surface area contributed by atoms with Gasteiger partial charge in [0.25, 0.3) is 0 Å². The number of fused-ring (bicyclic) bond motifs is 6. The lowest BCUT2D eigenvalue weighted by atomic mass is 9.82. The molecule has 9 aromatic rings. The van der Waals surface area contributed by atoms with Crippen molar-refractivity contribution in [3.63, 3.8) is 0 Å². The van der Waals surface area contributed by atoms with Crippen LogP contribution in [-0.2, 0) is 5.41 Å². The molecule has 2 heterocycles. The van der Waals surface area contributed by atoms with Crippen LogP contribution in [0, 0.1) is 0 Å². The highest BCUT2D eigenvalue weighted by molar-refractivity contribution is 6.11. The van der Waals surface area contributed by atoms with Crippen LogP contribution in [0.25, 0.3) is 83.5 Å². The topological polar surface area (TPSA) is 30.7 Å². The first kappa shape index (κ1) is 30.3. The molecule has 0 bridgehead atoms. The van der Waals surface area contributed by atoms with Crippen LogP contribution in [0.15, 0.2) is 176 Å². The van der Waals surface area contributed by atoms with Crippen LogP contribution in [0.4, 0.5) is 0 Å². The summed E-state index contributed by atoms with van der Waals surface area (Å²) in [6.45, 7) is 4.66. The molecule has 7 aromatic carbocycles. The first-order chi connectivity index (χ1) is 25.5. The molecule has 0 unspecified atom stereocenters. The average molecular weight is 666 g/mol. The first-order valence-electron chi connectivity index (χ1n) is 17.9. The van der Waals surface area contributed by atoms with E-state index in [1.165, 1.54) is 60.8 Å². The lowest BCUT2D eigenvalue weighted by Crippen LogP contribution is -2.15. The van der Waals surface area contributed by atoms with E-state index in [-0.39, 0.29) is 5.41 Å². The Morgan fingerprint density at radius 1 is 0.423 bits per heavy atom. The van der Waals surface area contributed by atoms with Crippen molar-refractivity contribution in [2.75, 3.05) is 0 Å². The Morgan fingerprint density at radius 3 is 1.77 bits per heavy atom. The minimum Gasteiger partial charge on any atom is -0.278 e. The molecule has 246 valence electrons. The van der Waals surface area contributed by atoms with E-state index in [0.29, 0.717) is 5.95 Å². The summed E-state index contributed by atoms with van der Waals surface area (Å²) in [7, 11) is 0. The monoisotopic (exact) mass is 665 g/mol. The highest BCUT2D eigenvalue weighted by atomic mass is 15.2. The predicted molar refractivity (Wildman–Crippen MR) is 216 cm³/mol. The molecule has 1 aliphatic rings. The maximum atomic E-state index is 5.22. The van der Waals surface area contributed by atoms with Gasteiger partial charge in [0.15, 0.2) is 0 Å². The van der Waals surface area contributed by atoms with E-state index in [9.17, 15) is 0 Å². The van der Waals surface area contributed by atoms with Gasteiger partial charge in [0.1, 0.15) is 0 Å². The van der Waals surface area contributed by atoms with Gasteiger partial charge in [-0.25, -0.2) is 9.97 Å². The van der Waals surface area contributed by atoms with Crippen LogP contribution < -0.4 is 0 Å². The van der Waals surface area contributed by atoms with Gasteiger partial charge in [-0.05, 0) is 86.0 Å². The van der Waals surface area contributed by atoms with Crippen LogP contribution in [0.2, 0.25) is 0 Å². The third-order valence-corrected chi connectivity index (χ3v) is 10.9. The molecule has 0 fully saturated rings. The predicted octanol–water partition coefficient (Wildman–Crippen LogP) is 12.5. The molecule has 1 aliphatic carbocycles. The van der Waals surface area contributed by atoms with Gasteiger partial charge < -0.3 is 0 Å². The fourth-order valence-corrected chi connectivity index (χ4v) is 8.19. The smallest absolute Gasteiger partial charge is 0.235 e. The summed E-state index contributed by atoms with van der Waals surface area (Å²) in [4.78, 5) is 10.1. The van der Waals surface area contributed by atoms with E-state index >= 15 is 0 Å². The summed E-state index contributed by atoms with van der Waals surface area (Å²) in [5.74, 6) is 0.671. The van der Waals surface area contributed by atoms with Crippen molar-refractivity contribution in [2.45, 2.75) is 19.3 Å². The van der Waals surface area contributed by atoms with Gasteiger partial charge >= 0.3 is 0 Å². The number of rotatable bonds is 5. The Kier molecular flexibility index (Phi) is 6.84. The van der Waals surface area contributed by atoms with E-state index in [4.69, 9.17) is 9.97 Å². The summed E-state index contributed by atoms with van der Waals surface area (Å²) in [6.07, 6.45) is 1.88. The lowest BCUT2D eigenvalue weighted by molar-refractivity contribution is 0.661. The van der Waals surface area contributed by atoms with E-state index in [1.807, 2.05) is 12.3 Å². The third-order valence-electron chi connectivity index (χ3n) is 10.9. The van der Waals surface area contributed by atoms with Crippen molar-refractivity contribution in [1.82, 2.24) is 14.5 Å². The van der Waals surface area contributed by atoms with Crippen molar-refractivity contribution in [2.24, 2.45) is 0 Å². The average Bonchev–Trinajstić information content (AvgIpc) is 3.65. The zero-order valence-corrected chi connectivity index (χ0v) is 29.1. The standard InChI is InChI=1S/C49H35N3/c1-49(2)43-17-8-6-15-39(43)41-30-42-40-16-7-9-18-46(40)52(47(42)31-44(41)49)48-50-28-27-45(51-48)38-14-10-13-37(29-38)36-25-23-35(24-26-36)34-21-19-33(20-22-34)32-11-4-3-5-12-32/h3-31H,1-2H3. The Bertz CT molecular complexity index is 2790. The van der Waals surface area contributed by atoms with Gasteiger partial charge in [0.05, 0.1) is 16.7 Å². The van der Waals surface area contributed by atoms with Crippen molar-refractivity contribution in [3.8, 4) is 61.7 Å². The maximum Gasteiger partial charge on any atom is 0.235 e. The fraction of sp³-hybridized carbons (Fsp3) is 0.0612. The first-order valence-corrected chi connectivity index (χ1v) is 17.9. The summed E-state index contributed by atoms with van der Waals surface area (Å²) in [5, 5.41) is 2.42. The quantitative estimate of drug-likeness (QED) is 0.183. The molecular weight excluding hydrogens is 631 g/mol. The number of hydrogen-bond donors (Lipinski definition) is 0. The molecule has 0 radical (unpaired) electrons. The molecule has 0 saturated carbocycles. The molecule has 0 N–H and O–H groups in total. The molecule has 10 rings (SSSR count). The maximum absolute atomic E-state index is 5.22. The number of hydrogen-bond acceptors (Lipinski definition) is 2. The number of aromatic nitrogens is 3. The van der Waals surface area contributed by atoms with Crippen LogP contribution in [0.5, 0.6) is 0 Å². The summed E-state index contributed by atoms with van der Waals surface area (Å²) in [6, 6.07) is 61.0. The van der Waals surface area contributed by atoms with Crippen molar-refractivity contribution < 1.29 is 0 Å². The Labute approximate surface area is 303 Å². The van der Waals surface area contributed by atoms with Gasteiger partial charge in [-0.2, -0.15) is 0 Å². The van der Waals surface area contributed by atoms with Crippen LogP contribution >= 0.6 is 0 Å². The Balaban J connectivity index is 1.01. The van der Waals surface area contributed by atoms with E-state index < -0.39 is 0 Å². The zero-order valence-electron chi connectivity index (χ0n) is 29.1. The van der Waals surface area contributed by atoms with Gasteiger partial charge in [0.2, 0.25) is 5.95 Å². The largest absolute Gasteiger partial charge is 0.278 e. The molecule has 3 heteroatoms. The normalized spacial score (nSPS) is 13.0. The molecule has 0 saturated heterocycles. The molecule has 0 spiro atoms. The van der Waals surface area contributed by atoms with E-state index in [0.717, 1.165) is 27.9 Å². The summed E-state index contributed by atoms with van der Waals surface area (Å²) in [5.41, 5.74) is 16.6. The van der Waals surface area contributed by atoms with Gasteiger partial charge in [-0.1, -0.05) is 153 Å². The second-order valence-corrected chi connectivity index (χ2v) is 14.3. The van der Waals surface area contributed by atoms with Crippen molar-refractivity contribution >= 4 is 21.8 Å². The zero-order chi connectivity index (χ0) is 34.8. The van der Waals surface area contributed by atoms with Gasteiger partial charge in [-0.15, -0.1) is 0 Å². The number of benzene rings is 7. The SMILES string of the molecule is CC1(C)c2ccccc2-c2cc3c4ccccc4n(-c4nccc(-c5cccc(-c6ccc(-c7ccc(-c8ccccc8)cc7)cc6)c5)n4)c3cc21. The minimum absolute atomic E-state index is 0.101. The fourth-order valence-electron chi connectivity index (χ4n) is 8.19. The highest BCUT2D eigenvalue weighted by Crippen LogP contribution is 2.50. The van der Waals surface area contributed by atoms with E-state index in [2.05, 4.69) is 182 Å². The lowest BCUT2D eigenvalue weighted by Gasteiger charge is -2.21. The summed E-state index contributed by atoms with van der Waals surface area (Å²) >= 11 is 0. The van der Waals surface area contributed by atoms with Crippen LogP contribution in [0.1, 0.15) is 25.0 Å². The molecule has 0 atom stereocenters. The molecule has 3 nitrogen and oxygen atoms in total. The second-order valence-electron chi connectivity index (χ2n) is 14.3. The molecule has 2 aromatic heterocycles. The van der Waals surface area contributed by atoms with Crippen molar-refractivity contribution in [1.29, 1.82) is 0 Å². The molecule has 0 aliphatic heterocycles. The van der Waals surface area contributed by atoms with E-state index in [1.54, 1.807) is 0 Å². The van der Waals surface area contributed by atoms with Gasteiger partial charge in [0, 0.05) is 27.9 Å². The summed E-state index contributed by atoms with van der Waals surface area (Å²) < 4.78 is 2.24. The Morgan fingerprint density at radius 2 is 1.02 bits per heavy atom. The van der Waals surface area contributed by atoms with Crippen LogP contribution in [-0.4, -0.2) is 14.5 Å². The Hall–Kier alpha value is -6.58. The second kappa shape index (κ2) is 11.8. The van der Waals surface area contributed by atoms with Crippen molar-refractivity contribution in [3.05, 3.63) is 187 Å². The minimum atomic E-state index is -0.101. The molecule has 0 amide bonds. The highest BCUT2D eigenvalue weighted by Gasteiger charge is 2.36.